The minimum Gasteiger partial charge on any atom is -0.481 e. The Morgan fingerprint density at radius 3 is 2.79 bits per heavy atom. The van der Waals surface area contributed by atoms with E-state index >= 15 is 0 Å². The third-order valence-corrected chi connectivity index (χ3v) is 3.12. The quantitative estimate of drug-likeness (QED) is 0.705. The number of aliphatic hydroxyl groups is 1. The van der Waals surface area contributed by atoms with Crippen LogP contribution in [0.1, 0.15) is 32.6 Å². The zero-order chi connectivity index (χ0) is 10.8. The van der Waals surface area contributed by atoms with Crippen LogP contribution in [0.4, 0.5) is 0 Å². The van der Waals surface area contributed by atoms with Gasteiger partial charge < -0.3 is 15.1 Å². The van der Waals surface area contributed by atoms with Gasteiger partial charge in [-0.2, -0.15) is 0 Å². The van der Waals surface area contributed by atoms with Gasteiger partial charge >= 0.3 is 5.97 Å². The van der Waals surface area contributed by atoms with Gasteiger partial charge in [-0.3, -0.25) is 4.79 Å². The molecule has 0 aromatic heterocycles. The number of carboxylic acid groups (broad SMARTS) is 1. The number of carboxylic acids is 1. The monoisotopic (exact) mass is 201 g/mol. The Morgan fingerprint density at radius 2 is 2.29 bits per heavy atom. The van der Waals surface area contributed by atoms with Crippen molar-refractivity contribution in [3.8, 4) is 0 Å². The van der Waals surface area contributed by atoms with E-state index in [-0.39, 0.29) is 12.5 Å². The molecule has 1 fully saturated rings. The summed E-state index contributed by atoms with van der Waals surface area (Å²) in [5.41, 5.74) is -1.03. The Hall–Kier alpha value is -0.610. The van der Waals surface area contributed by atoms with E-state index in [4.69, 9.17) is 5.11 Å². The highest BCUT2D eigenvalue weighted by Gasteiger charge is 2.42. The number of nitrogens with zero attached hydrogens (tertiary/aromatic N) is 1. The highest BCUT2D eigenvalue weighted by atomic mass is 16.4. The van der Waals surface area contributed by atoms with Crippen molar-refractivity contribution >= 4 is 5.97 Å². The number of likely N-dealkylation sites (N-methyl/N-ethyl adjacent to an activating group) is 1. The first-order chi connectivity index (χ1) is 6.49. The number of rotatable bonds is 3. The average Bonchev–Trinajstić information content (AvgIpc) is 2.02. The minimum absolute atomic E-state index is 0.0210. The molecular weight excluding hydrogens is 182 g/mol. The van der Waals surface area contributed by atoms with E-state index in [1.165, 1.54) is 0 Å². The first-order valence-electron chi connectivity index (χ1n) is 5.14. The van der Waals surface area contributed by atoms with Crippen LogP contribution in [0.5, 0.6) is 0 Å². The molecule has 0 aromatic rings. The summed E-state index contributed by atoms with van der Waals surface area (Å²) >= 11 is 0. The Bertz CT molecular complexity index is 219. The number of aliphatic carboxylic acids is 1. The van der Waals surface area contributed by atoms with Gasteiger partial charge in [0.1, 0.15) is 0 Å². The lowest BCUT2D eigenvalue weighted by molar-refractivity contribution is -0.149. The highest BCUT2D eigenvalue weighted by Crippen LogP contribution is 2.31. The van der Waals surface area contributed by atoms with Gasteiger partial charge in [-0.05, 0) is 32.9 Å². The van der Waals surface area contributed by atoms with Crippen LogP contribution in [0.3, 0.4) is 0 Å². The smallest absolute Gasteiger partial charge is 0.306 e. The molecule has 4 heteroatoms. The fraction of sp³-hybridized carbons (Fsp3) is 0.900. The SMILES string of the molecule is CCC1N(C)CCCC1(O)CC(=O)O. The Labute approximate surface area is 84.5 Å². The van der Waals surface area contributed by atoms with Crippen molar-refractivity contribution in [1.82, 2.24) is 4.90 Å². The van der Waals surface area contributed by atoms with Crippen LogP contribution in [0.15, 0.2) is 0 Å². The van der Waals surface area contributed by atoms with E-state index in [1.54, 1.807) is 0 Å². The summed E-state index contributed by atoms with van der Waals surface area (Å²) in [6, 6.07) is -0.0210. The van der Waals surface area contributed by atoms with E-state index in [0.29, 0.717) is 6.42 Å². The minimum atomic E-state index is -1.03. The maximum Gasteiger partial charge on any atom is 0.306 e. The number of carbonyl (C=O) groups is 1. The summed E-state index contributed by atoms with van der Waals surface area (Å²) in [4.78, 5) is 12.7. The maximum absolute atomic E-state index is 10.7. The second-order valence-electron chi connectivity index (χ2n) is 4.18. The third kappa shape index (κ3) is 2.25. The predicted molar refractivity (Wildman–Crippen MR) is 53.1 cm³/mol. The van der Waals surface area contributed by atoms with Crippen molar-refractivity contribution < 1.29 is 15.0 Å². The third-order valence-electron chi connectivity index (χ3n) is 3.12. The molecule has 2 unspecified atom stereocenters. The second kappa shape index (κ2) is 4.28. The molecule has 1 aliphatic heterocycles. The molecule has 0 radical (unpaired) electrons. The molecule has 2 atom stereocenters. The van der Waals surface area contributed by atoms with Crippen LogP contribution >= 0.6 is 0 Å². The molecule has 0 aliphatic carbocycles. The van der Waals surface area contributed by atoms with Crippen molar-refractivity contribution in [1.29, 1.82) is 0 Å². The first-order valence-corrected chi connectivity index (χ1v) is 5.14. The Kier molecular flexibility index (Phi) is 3.50. The van der Waals surface area contributed by atoms with Crippen molar-refractivity contribution in [2.45, 2.75) is 44.2 Å². The van der Waals surface area contributed by atoms with Crippen LogP contribution in [-0.4, -0.2) is 46.3 Å². The maximum atomic E-state index is 10.7. The molecular formula is C10H19NO3. The van der Waals surface area contributed by atoms with Gasteiger partial charge in [-0.15, -0.1) is 0 Å². The number of hydrogen-bond acceptors (Lipinski definition) is 3. The summed E-state index contributed by atoms with van der Waals surface area (Å²) in [6.45, 7) is 2.93. The molecule has 0 aromatic carbocycles. The van der Waals surface area contributed by atoms with Gasteiger partial charge in [-0.1, -0.05) is 6.92 Å². The van der Waals surface area contributed by atoms with Gasteiger partial charge in [0.05, 0.1) is 12.0 Å². The summed E-state index contributed by atoms with van der Waals surface area (Å²) < 4.78 is 0. The molecule has 0 bridgehead atoms. The number of hydrogen-bond donors (Lipinski definition) is 2. The Morgan fingerprint density at radius 1 is 1.64 bits per heavy atom. The molecule has 0 spiro atoms. The van der Waals surface area contributed by atoms with Crippen LogP contribution in [0.25, 0.3) is 0 Å². The van der Waals surface area contributed by atoms with E-state index in [9.17, 15) is 9.90 Å². The van der Waals surface area contributed by atoms with Crippen LogP contribution in [-0.2, 0) is 4.79 Å². The number of piperidine rings is 1. The van der Waals surface area contributed by atoms with E-state index < -0.39 is 11.6 Å². The van der Waals surface area contributed by atoms with Gasteiger partial charge in [0.25, 0.3) is 0 Å². The molecule has 2 N–H and O–H groups in total. The molecule has 4 nitrogen and oxygen atoms in total. The highest BCUT2D eigenvalue weighted by molar-refractivity contribution is 5.68. The molecule has 0 saturated carbocycles. The second-order valence-corrected chi connectivity index (χ2v) is 4.18. The molecule has 14 heavy (non-hydrogen) atoms. The predicted octanol–water partition coefficient (Wildman–Crippen LogP) is 0.696. The van der Waals surface area contributed by atoms with Gasteiger partial charge in [0, 0.05) is 6.04 Å². The lowest BCUT2D eigenvalue weighted by Crippen LogP contribution is -2.56. The molecule has 1 heterocycles. The normalized spacial score (nSPS) is 34.4. The largest absolute Gasteiger partial charge is 0.481 e. The number of likely N-dealkylation sites (tertiary alicyclic amines) is 1. The average molecular weight is 201 g/mol. The lowest BCUT2D eigenvalue weighted by Gasteiger charge is -2.44. The van der Waals surface area contributed by atoms with E-state index in [0.717, 1.165) is 19.4 Å². The van der Waals surface area contributed by atoms with E-state index in [2.05, 4.69) is 4.90 Å². The lowest BCUT2D eigenvalue weighted by atomic mass is 9.81. The molecule has 1 saturated heterocycles. The van der Waals surface area contributed by atoms with Crippen molar-refractivity contribution in [2.24, 2.45) is 0 Å². The summed E-state index contributed by atoms with van der Waals surface area (Å²) in [5.74, 6) is -0.916. The zero-order valence-electron chi connectivity index (χ0n) is 8.86. The van der Waals surface area contributed by atoms with Crippen LogP contribution < -0.4 is 0 Å². The summed E-state index contributed by atoms with van der Waals surface area (Å²) in [6.07, 6.45) is 2.12. The summed E-state index contributed by atoms with van der Waals surface area (Å²) in [5, 5.41) is 19.0. The van der Waals surface area contributed by atoms with Crippen molar-refractivity contribution in [3.63, 3.8) is 0 Å². The topological polar surface area (TPSA) is 60.8 Å². The standard InChI is InChI=1S/C10H19NO3/c1-3-8-10(14,7-9(12)13)5-4-6-11(8)2/h8,14H,3-7H2,1-2H3,(H,12,13). The fourth-order valence-corrected chi connectivity index (χ4v) is 2.53. The van der Waals surface area contributed by atoms with Crippen LogP contribution in [0.2, 0.25) is 0 Å². The van der Waals surface area contributed by atoms with Gasteiger partial charge in [0.15, 0.2) is 0 Å². The van der Waals surface area contributed by atoms with Crippen molar-refractivity contribution in [3.05, 3.63) is 0 Å². The Balaban J connectivity index is 2.76. The van der Waals surface area contributed by atoms with Crippen molar-refractivity contribution in [2.75, 3.05) is 13.6 Å². The first kappa shape index (κ1) is 11.5. The summed E-state index contributed by atoms with van der Waals surface area (Å²) in [7, 11) is 1.94. The molecule has 82 valence electrons. The van der Waals surface area contributed by atoms with Gasteiger partial charge in [0.2, 0.25) is 0 Å². The molecule has 0 amide bonds. The molecule has 1 rings (SSSR count). The fourth-order valence-electron chi connectivity index (χ4n) is 2.53. The van der Waals surface area contributed by atoms with E-state index in [1.807, 2.05) is 14.0 Å². The van der Waals surface area contributed by atoms with Crippen LogP contribution in [0, 0.1) is 0 Å². The zero-order valence-corrected chi connectivity index (χ0v) is 8.86. The van der Waals surface area contributed by atoms with Gasteiger partial charge in [-0.25, -0.2) is 0 Å². The molecule has 1 aliphatic rings.